The lowest BCUT2D eigenvalue weighted by Crippen LogP contribution is -2.34. The first-order valence-corrected chi connectivity index (χ1v) is 8.77. The molecular weight excluding hydrogens is 314 g/mol. The van der Waals surface area contributed by atoms with Crippen LogP contribution in [0.15, 0.2) is 42.7 Å². The molecule has 1 aliphatic heterocycles. The van der Waals surface area contributed by atoms with Crippen LogP contribution in [0, 0.1) is 5.92 Å². The molecule has 1 atom stereocenters. The van der Waals surface area contributed by atoms with Crippen LogP contribution in [0.1, 0.15) is 35.7 Å². The molecule has 1 aromatic carbocycles. The van der Waals surface area contributed by atoms with Crippen molar-refractivity contribution in [2.24, 2.45) is 5.92 Å². The van der Waals surface area contributed by atoms with Crippen molar-refractivity contribution in [1.29, 1.82) is 0 Å². The number of aromatic nitrogens is 1. The van der Waals surface area contributed by atoms with Crippen molar-refractivity contribution in [3.05, 3.63) is 53.9 Å². The van der Waals surface area contributed by atoms with Crippen LogP contribution < -0.4 is 15.0 Å². The molecule has 132 valence electrons. The number of pyridine rings is 1. The molecule has 0 spiro atoms. The van der Waals surface area contributed by atoms with E-state index in [1.807, 2.05) is 36.5 Å². The van der Waals surface area contributed by atoms with E-state index in [0.717, 1.165) is 30.1 Å². The summed E-state index contributed by atoms with van der Waals surface area (Å²) in [6.07, 6.45) is 5.93. The van der Waals surface area contributed by atoms with Crippen LogP contribution in [0.25, 0.3) is 0 Å². The van der Waals surface area contributed by atoms with Gasteiger partial charge in [0.15, 0.2) is 0 Å². The Kier molecular flexibility index (Phi) is 5.53. The van der Waals surface area contributed by atoms with E-state index < -0.39 is 0 Å². The molecule has 1 amide bonds. The maximum absolute atomic E-state index is 12.4. The lowest BCUT2D eigenvalue weighted by atomic mass is 10.00. The molecule has 0 radical (unpaired) electrons. The lowest BCUT2D eigenvalue weighted by molar-refractivity contribution is 0.0950. The summed E-state index contributed by atoms with van der Waals surface area (Å²) in [6.45, 7) is 4.81. The minimum atomic E-state index is -0.102. The molecule has 0 saturated carbocycles. The highest BCUT2D eigenvalue weighted by molar-refractivity contribution is 5.94. The van der Waals surface area contributed by atoms with Crippen molar-refractivity contribution < 1.29 is 9.53 Å². The molecule has 1 saturated heterocycles. The zero-order valence-corrected chi connectivity index (χ0v) is 14.9. The number of amides is 1. The summed E-state index contributed by atoms with van der Waals surface area (Å²) < 4.78 is 5.14. The Bertz CT molecular complexity index is 715. The lowest BCUT2D eigenvalue weighted by Gasteiger charge is -2.32. The van der Waals surface area contributed by atoms with Gasteiger partial charge >= 0.3 is 0 Å². The molecule has 1 aromatic heterocycles. The van der Waals surface area contributed by atoms with E-state index in [1.165, 1.54) is 12.8 Å². The summed E-state index contributed by atoms with van der Waals surface area (Å²) in [5, 5.41) is 2.95. The third-order valence-electron chi connectivity index (χ3n) is 4.62. The van der Waals surface area contributed by atoms with E-state index in [0.29, 0.717) is 18.0 Å². The normalized spacial score (nSPS) is 17.2. The minimum Gasteiger partial charge on any atom is -0.497 e. The summed E-state index contributed by atoms with van der Waals surface area (Å²) in [5.41, 5.74) is 2.66. The number of nitrogens with zero attached hydrogens (tertiary/aromatic N) is 2. The predicted molar refractivity (Wildman–Crippen MR) is 99.0 cm³/mol. The van der Waals surface area contributed by atoms with Gasteiger partial charge in [-0.15, -0.1) is 0 Å². The fourth-order valence-electron chi connectivity index (χ4n) is 3.18. The third-order valence-corrected chi connectivity index (χ3v) is 4.62. The number of hydrogen-bond acceptors (Lipinski definition) is 4. The van der Waals surface area contributed by atoms with Crippen LogP contribution in [0.4, 0.5) is 5.69 Å². The molecule has 0 aliphatic carbocycles. The van der Waals surface area contributed by atoms with Crippen LogP contribution in [-0.2, 0) is 6.54 Å². The van der Waals surface area contributed by atoms with Crippen LogP contribution in [0.3, 0.4) is 0 Å². The highest BCUT2D eigenvalue weighted by Crippen LogP contribution is 2.23. The molecule has 1 aliphatic rings. The second-order valence-corrected chi connectivity index (χ2v) is 6.66. The van der Waals surface area contributed by atoms with Gasteiger partial charge in [0, 0.05) is 25.8 Å². The maximum Gasteiger partial charge on any atom is 0.253 e. The van der Waals surface area contributed by atoms with Gasteiger partial charge in [0.25, 0.3) is 5.91 Å². The predicted octanol–water partition coefficient (Wildman–Crippen LogP) is 3.26. The topological polar surface area (TPSA) is 54.5 Å². The van der Waals surface area contributed by atoms with Gasteiger partial charge in [-0.05, 0) is 42.5 Å². The fourth-order valence-corrected chi connectivity index (χ4v) is 3.18. The van der Waals surface area contributed by atoms with Crippen molar-refractivity contribution in [2.45, 2.75) is 26.3 Å². The van der Waals surface area contributed by atoms with Crippen LogP contribution >= 0.6 is 0 Å². The van der Waals surface area contributed by atoms with Crippen molar-refractivity contribution in [3.8, 4) is 5.75 Å². The number of benzene rings is 1. The highest BCUT2D eigenvalue weighted by Gasteiger charge is 2.18. The minimum absolute atomic E-state index is 0.102. The quantitative estimate of drug-likeness (QED) is 0.908. The summed E-state index contributed by atoms with van der Waals surface area (Å²) in [7, 11) is 1.64. The summed E-state index contributed by atoms with van der Waals surface area (Å²) in [5.74, 6) is 1.39. The zero-order chi connectivity index (χ0) is 17.6. The summed E-state index contributed by atoms with van der Waals surface area (Å²) >= 11 is 0. The number of methoxy groups -OCH3 is 1. The van der Waals surface area contributed by atoms with Crippen molar-refractivity contribution in [1.82, 2.24) is 10.3 Å². The first kappa shape index (κ1) is 17.3. The number of hydrogen-bond donors (Lipinski definition) is 1. The number of rotatable bonds is 5. The Morgan fingerprint density at radius 2 is 2.12 bits per heavy atom. The van der Waals surface area contributed by atoms with Crippen molar-refractivity contribution >= 4 is 11.6 Å². The monoisotopic (exact) mass is 339 g/mol. The van der Waals surface area contributed by atoms with E-state index >= 15 is 0 Å². The second-order valence-electron chi connectivity index (χ2n) is 6.66. The van der Waals surface area contributed by atoms with Crippen LogP contribution in [0.5, 0.6) is 5.75 Å². The van der Waals surface area contributed by atoms with E-state index in [1.54, 1.807) is 13.3 Å². The SMILES string of the molecule is COc1ccc(CNC(=O)c2cncc(N3CCCC(C)C3)c2)cc1. The van der Waals surface area contributed by atoms with E-state index in [9.17, 15) is 4.79 Å². The summed E-state index contributed by atoms with van der Waals surface area (Å²) in [4.78, 5) is 19.0. The number of carbonyl (C=O) groups excluding carboxylic acids is 1. The van der Waals surface area contributed by atoms with E-state index in [2.05, 4.69) is 22.1 Å². The second kappa shape index (κ2) is 8.01. The first-order chi connectivity index (χ1) is 12.2. The largest absolute Gasteiger partial charge is 0.497 e. The Balaban J connectivity index is 1.62. The van der Waals surface area contributed by atoms with Gasteiger partial charge in [-0.2, -0.15) is 0 Å². The van der Waals surface area contributed by atoms with Gasteiger partial charge in [0.05, 0.1) is 24.6 Å². The molecular formula is C20H25N3O2. The Morgan fingerprint density at radius 3 is 2.84 bits per heavy atom. The highest BCUT2D eigenvalue weighted by atomic mass is 16.5. The molecule has 5 nitrogen and oxygen atoms in total. The van der Waals surface area contributed by atoms with Gasteiger partial charge in [-0.25, -0.2) is 0 Å². The van der Waals surface area contributed by atoms with E-state index in [-0.39, 0.29) is 5.91 Å². The number of nitrogens with one attached hydrogen (secondary N) is 1. The van der Waals surface area contributed by atoms with Gasteiger partial charge in [-0.3, -0.25) is 9.78 Å². The number of piperidine rings is 1. The molecule has 1 N–H and O–H groups in total. The van der Waals surface area contributed by atoms with Crippen molar-refractivity contribution in [3.63, 3.8) is 0 Å². The van der Waals surface area contributed by atoms with Crippen molar-refractivity contribution in [2.75, 3.05) is 25.1 Å². The van der Waals surface area contributed by atoms with Gasteiger partial charge in [0.2, 0.25) is 0 Å². The molecule has 3 rings (SSSR count). The van der Waals surface area contributed by atoms with E-state index in [4.69, 9.17) is 4.74 Å². The third kappa shape index (κ3) is 4.50. The average Bonchev–Trinajstić information content (AvgIpc) is 2.66. The standard InChI is InChI=1S/C20H25N3O2/c1-15-4-3-9-23(14-15)18-10-17(12-21-13-18)20(24)22-11-16-5-7-19(25-2)8-6-16/h5-8,10,12-13,15H,3-4,9,11,14H2,1-2H3,(H,22,24). The van der Waals surface area contributed by atoms with Crippen LogP contribution in [-0.4, -0.2) is 31.1 Å². The fraction of sp³-hybridized carbons (Fsp3) is 0.400. The van der Waals surface area contributed by atoms with Crippen LogP contribution in [0.2, 0.25) is 0 Å². The molecule has 2 aromatic rings. The van der Waals surface area contributed by atoms with Gasteiger partial charge in [-0.1, -0.05) is 19.1 Å². The molecule has 5 heteroatoms. The Labute approximate surface area is 149 Å². The first-order valence-electron chi connectivity index (χ1n) is 8.77. The Hall–Kier alpha value is -2.56. The number of anilines is 1. The molecule has 0 bridgehead atoms. The molecule has 25 heavy (non-hydrogen) atoms. The molecule has 1 fully saturated rings. The smallest absolute Gasteiger partial charge is 0.253 e. The summed E-state index contributed by atoms with van der Waals surface area (Å²) in [6, 6.07) is 9.61. The molecule has 1 unspecified atom stereocenters. The zero-order valence-electron chi connectivity index (χ0n) is 14.9. The maximum atomic E-state index is 12.4. The average molecular weight is 339 g/mol. The van der Waals surface area contributed by atoms with Gasteiger partial charge in [0.1, 0.15) is 5.75 Å². The number of ether oxygens (including phenoxy) is 1. The Morgan fingerprint density at radius 1 is 1.32 bits per heavy atom. The number of carbonyl (C=O) groups is 1. The van der Waals surface area contributed by atoms with Gasteiger partial charge < -0.3 is 15.0 Å². The molecule has 2 heterocycles.